The summed E-state index contributed by atoms with van der Waals surface area (Å²) in [5, 5.41) is 11.3. The van der Waals surface area contributed by atoms with E-state index in [-0.39, 0.29) is 0 Å². The zero-order valence-electron chi connectivity index (χ0n) is 19.0. The molecule has 0 radical (unpaired) electrons. The Morgan fingerprint density at radius 1 is 1.12 bits per heavy atom. The lowest BCUT2D eigenvalue weighted by Crippen LogP contribution is -2.32. The number of fused-ring (bicyclic) bond motifs is 4. The number of hydrogen-bond acceptors (Lipinski definition) is 5. The topological polar surface area (TPSA) is 60.7 Å². The molecule has 1 saturated heterocycles. The maximum atomic E-state index is 10.2. The van der Waals surface area contributed by atoms with Crippen LogP contribution in [-0.2, 0) is 0 Å². The Balaban J connectivity index is 1.76. The van der Waals surface area contributed by atoms with Gasteiger partial charge in [0.05, 0.1) is 22.9 Å². The molecule has 6 nitrogen and oxygen atoms in total. The third kappa shape index (κ3) is 2.86. The third-order valence-corrected chi connectivity index (χ3v) is 7.03. The predicted molar refractivity (Wildman–Crippen MR) is 132 cm³/mol. The predicted octanol–water partition coefficient (Wildman–Crippen LogP) is 5.22. The number of anilines is 1. The summed E-state index contributed by atoms with van der Waals surface area (Å²) in [5.41, 5.74) is 7.09. The number of imidazole rings is 1. The summed E-state index contributed by atoms with van der Waals surface area (Å²) < 4.78 is 8.15. The largest absolute Gasteiger partial charge is 0.464 e. The van der Waals surface area contributed by atoms with E-state index < -0.39 is 0 Å². The van der Waals surface area contributed by atoms with Crippen molar-refractivity contribution in [2.24, 2.45) is 0 Å². The summed E-state index contributed by atoms with van der Waals surface area (Å²) in [5.74, 6) is 1.09. The van der Waals surface area contributed by atoms with Crippen LogP contribution in [-0.4, -0.2) is 47.5 Å². The highest BCUT2D eigenvalue weighted by atomic mass is 16.3. The first-order valence-corrected chi connectivity index (χ1v) is 11.3. The lowest BCUT2D eigenvalue weighted by atomic mass is 9.96. The Bertz CT molecular complexity index is 1570. The molecule has 0 saturated carbocycles. The van der Waals surface area contributed by atoms with Crippen LogP contribution in [0.4, 0.5) is 5.82 Å². The lowest BCUT2D eigenvalue weighted by molar-refractivity contribution is 0.315. The van der Waals surface area contributed by atoms with Crippen molar-refractivity contribution in [1.29, 1.82) is 5.26 Å². The van der Waals surface area contributed by atoms with Gasteiger partial charge in [0.2, 0.25) is 0 Å². The molecule has 0 aliphatic carbocycles. The van der Waals surface area contributed by atoms with Crippen molar-refractivity contribution in [1.82, 2.24) is 14.3 Å². The zero-order valence-corrected chi connectivity index (χ0v) is 19.0. The van der Waals surface area contributed by atoms with E-state index in [2.05, 4.69) is 46.5 Å². The van der Waals surface area contributed by atoms with Crippen molar-refractivity contribution >= 4 is 33.5 Å². The molecule has 1 fully saturated rings. The van der Waals surface area contributed by atoms with Crippen LogP contribution in [0.2, 0.25) is 0 Å². The highest BCUT2D eigenvalue weighted by Gasteiger charge is 2.31. The van der Waals surface area contributed by atoms with Gasteiger partial charge in [0, 0.05) is 35.6 Å². The molecule has 6 heteroatoms. The monoisotopic (exact) mass is 435 g/mol. The first-order chi connectivity index (χ1) is 16.1. The van der Waals surface area contributed by atoms with Gasteiger partial charge in [-0.15, -0.1) is 0 Å². The van der Waals surface area contributed by atoms with Crippen LogP contribution in [0.25, 0.3) is 38.8 Å². The van der Waals surface area contributed by atoms with E-state index in [1.54, 1.807) is 0 Å². The van der Waals surface area contributed by atoms with Crippen molar-refractivity contribution in [3.63, 3.8) is 0 Å². The normalized spacial score (nSPS) is 16.5. The summed E-state index contributed by atoms with van der Waals surface area (Å²) in [4.78, 5) is 9.65. The Morgan fingerprint density at radius 3 is 2.70 bits per heavy atom. The smallest absolute Gasteiger partial charge is 0.157 e. The lowest BCUT2D eigenvalue weighted by Gasteiger charge is -2.27. The van der Waals surface area contributed by atoms with Crippen LogP contribution < -0.4 is 4.90 Å². The maximum Gasteiger partial charge on any atom is 0.157 e. The number of aromatic nitrogens is 2. The number of rotatable bonds is 3. The summed E-state index contributed by atoms with van der Waals surface area (Å²) in [6, 6.07) is 19.2. The van der Waals surface area contributed by atoms with Gasteiger partial charge in [0.15, 0.2) is 5.65 Å². The summed E-state index contributed by atoms with van der Waals surface area (Å²) in [7, 11) is 4.29. The molecule has 0 amide bonds. The Labute approximate surface area is 192 Å². The van der Waals surface area contributed by atoms with Crippen molar-refractivity contribution in [3.05, 3.63) is 65.9 Å². The van der Waals surface area contributed by atoms with Gasteiger partial charge >= 0.3 is 0 Å². The second kappa shape index (κ2) is 7.36. The van der Waals surface area contributed by atoms with Crippen molar-refractivity contribution in [2.75, 3.05) is 32.1 Å². The average molecular weight is 436 g/mol. The Hall–Kier alpha value is -3.82. The van der Waals surface area contributed by atoms with E-state index >= 15 is 0 Å². The minimum Gasteiger partial charge on any atom is -0.464 e. The summed E-state index contributed by atoms with van der Waals surface area (Å²) >= 11 is 0. The molecule has 1 aliphatic rings. The average Bonchev–Trinajstić information content (AvgIpc) is 3.55. The minimum absolute atomic E-state index is 0.472. The van der Waals surface area contributed by atoms with E-state index in [1.165, 1.54) is 0 Å². The third-order valence-electron chi connectivity index (χ3n) is 7.03. The molecule has 6 rings (SSSR count). The second-order valence-electron chi connectivity index (χ2n) is 9.07. The molecule has 2 aromatic carbocycles. The first-order valence-electron chi connectivity index (χ1n) is 11.3. The van der Waals surface area contributed by atoms with Gasteiger partial charge in [-0.05, 0) is 51.2 Å². The van der Waals surface area contributed by atoms with Gasteiger partial charge in [-0.25, -0.2) is 4.98 Å². The van der Waals surface area contributed by atoms with Crippen molar-refractivity contribution in [3.8, 4) is 17.2 Å². The number of nitriles is 1. The Morgan fingerprint density at radius 2 is 1.91 bits per heavy atom. The number of hydrogen-bond donors (Lipinski definition) is 0. The first kappa shape index (κ1) is 19.8. The van der Waals surface area contributed by atoms with Crippen LogP contribution in [0.1, 0.15) is 17.5 Å². The molecular weight excluding hydrogens is 410 g/mol. The molecule has 33 heavy (non-hydrogen) atoms. The van der Waals surface area contributed by atoms with Gasteiger partial charge in [0.1, 0.15) is 17.5 Å². The highest BCUT2D eigenvalue weighted by Crippen LogP contribution is 2.43. The van der Waals surface area contributed by atoms with Gasteiger partial charge in [-0.2, -0.15) is 5.26 Å². The standard InChI is InChI=1S/C27H25N5O/c1-17-20(14-28)26-29-22-9-5-6-10-23(22)32(26)27(31-13-12-18(15-31)30(2)3)25(17)21-16-33-24-11-7-4-8-19(21)24/h4-11,16,18H,12-13,15H2,1-3H3/t18-/m0/s1. The number of benzene rings is 2. The molecule has 0 N–H and O–H groups in total. The molecule has 0 unspecified atom stereocenters. The van der Waals surface area contributed by atoms with E-state index in [0.717, 1.165) is 69.7 Å². The molecule has 0 bridgehead atoms. The fraction of sp³-hybridized carbons (Fsp3) is 0.259. The fourth-order valence-electron chi connectivity index (χ4n) is 5.26. The van der Waals surface area contributed by atoms with Crippen LogP contribution >= 0.6 is 0 Å². The number of nitrogens with zero attached hydrogens (tertiary/aromatic N) is 5. The molecular formula is C27H25N5O. The molecule has 0 spiro atoms. The van der Waals surface area contributed by atoms with Gasteiger partial charge in [-0.1, -0.05) is 30.3 Å². The van der Waals surface area contributed by atoms with Crippen LogP contribution in [0, 0.1) is 18.3 Å². The fourth-order valence-corrected chi connectivity index (χ4v) is 5.26. The summed E-state index contributed by atoms with van der Waals surface area (Å²) in [6.07, 6.45) is 2.92. The molecule has 4 heterocycles. The van der Waals surface area contributed by atoms with Crippen molar-refractivity contribution < 1.29 is 4.42 Å². The van der Waals surface area contributed by atoms with Gasteiger partial charge < -0.3 is 14.2 Å². The van der Waals surface area contributed by atoms with E-state index in [4.69, 9.17) is 9.40 Å². The number of para-hydroxylation sites is 3. The van der Waals surface area contributed by atoms with Gasteiger partial charge in [0.25, 0.3) is 0 Å². The van der Waals surface area contributed by atoms with E-state index in [9.17, 15) is 5.26 Å². The van der Waals surface area contributed by atoms with E-state index in [1.807, 2.05) is 49.6 Å². The second-order valence-corrected chi connectivity index (χ2v) is 9.07. The molecule has 164 valence electrons. The van der Waals surface area contributed by atoms with E-state index in [0.29, 0.717) is 11.6 Å². The zero-order chi connectivity index (χ0) is 22.7. The van der Waals surface area contributed by atoms with Crippen LogP contribution in [0.3, 0.4) is 0 Å². The molecule has 1 aliphatic heterocycles. The highest BCUT2D eigenvalue weighted by molar-refractivity contribution is 6.01. The molecule has 5 aromatic rings. The maximum absolute atomic E-state index is 10.2. The quantitative estimate of drug-likeness (QED) is 0.389. The number of furan rings is 1. The Kier molecular flexibility index (Phi) is 4.42. The van der Waals surface area contributed by atoms with Gasteiger partial charge in [-0.3, -0.25) is 4.40 Å². The van der Waals surface area contributed by atoms with Crippen LogP contribution in [0.15, 0.2) is 59.2 Å². The van der Waals surface area contributed by atoms with Crippen molar-refractivity contribution in [2.45, 2.75) is 19.4 Å². The number of pyridine rings is 1. The summed E-state index contributed by atoms with van der Waals surface area (Å²) in [6.45, 7) is 3.90. The SMILES string of the molecule is Cc1c(-c2coc3ccccc23)c(N2CC[C@H](N(C)C)C2)n2c(nc3ccccc32)c1C#N. The number of likely N-dealkylation sites (N-methyl/N-ethyl adjacent to an activating group) is 1. The molecule has 1 atom stereocenters. The minimum atomic E-state index is 0.472. The molecule has 3 aromatic heterocycles. The van der Waals surface area contributed by atoms with Crippen LogP contribution in [0.5, 0.6) is 0 Å².